The third-order valence-corrected chi connectivity index (χ3v) is 3.69. The maximum absolute atomic E-state index is 12.2. The molecule has 1 fully saturated rings. The van der Waals surface area contributed by atoms with E-state index in [0.29, 0.717) is 11.8 Å². The summed E-state index contributed by atoms with van der Waals surface area (Å²) in [6.07, 6.45) is 3.49. The summed E-state index contributed by atoms with van der Waals surface area (Å²) in [6.45, 7) is 8.40. The van der Waals surface area contributed by atoms with Gasteiger partial charge in [-0.05, 0) is 31.2 Å². The molecule has 0 spiro atoms. The van der Waals surface area contributed by atoms with Crippen LogP contribution in [0.15, 0.2) is 0 Å². The number of nitrogens with zero attached hydrogens (tertiary/aromatic N) is 1. The van der Waals surface area contributed by atoms with Crippen molar-refractivity contribution in [1.29, 1.82) is 0 Å². The summed E-state index contributed by atoms with van der Waals surface area (Å²) in [5.74, 6) is 1.33. The van der Waals surface area contributed by atoms with Crippen molar-refractivity contribution in [1.82, 2.24) is 10.2 Å². The summed E-state index contributed by atoms with van der Waals surface area (Å²) in [5, 5.41) is 3.35. The van der Waals surface area contributed by atoms with Gasteiger partial charge in [-0.2, -0.15) is 0 Å². The van der Waals surface area contributed by atoms with Gasteiger partial charge in [-0.1, -0.05) is 27.2 Å². The van der Waals surface area contributed by atoms with Crippen molar-refractivity contribution in [2.75, 3.05) is 20.1 Å². The van der Waals surface area contributed by atoms with Crippen molar-refractivity contribution in [3.63, 3.8) is 0 Å². The molecule has 3 heteroatoms. The van der Waals surface area contributed by atoms with E-state index >= 15 is 0 Å². The van der Waals surface area contributed by atoms with Crippen molar-refractivity contribution in [3.05, 3.63) is 0 Å². The molecule has 0 bridgehead atoms. The average molecular weight is 226 g/mol. The van der Waals surface area contributed by atoms with E-state index in [-0.39, 0.29) is 11.9 Å². The Balaban J connectivity index is 2.48. The fraction of sp³-hybridized carbons (Fsp3) is 0.923. The van der Waals surface area contributed by atoms with E-state index in [4.69, 9.17) is 0 Å². The Kier molecular flexibility index (Phi) is 5.26. The SMILES string of the molecule is CCC(C)CN(C)C(=O)C1NCCCC1C. The standard InChI is InChI=1S/C13H26N2O/c1-5-10(2)9-15(4)13(16)12-11(3)7-6-8-14-12/h10-12,14H,5-9H2,1-4H3. The summed E-state index contributed by atoms with van der Waals surface area (Å²) in [6, 6.07) is 0.0443. The molecule has 1 heterocycles. The number of nitrogens with one attached hydrogen (secondary N) is 1. The van der Waals surface area contributed by atoms with Gasteiger partial charge in [0.05, 0.1) is 6.04 Å². The highest BCUT2D eigenvalue weighted by Crippen LogP contribution is 2.17. The Hall–Kier alpha value is -0.570. The van der Waals surface area contributed by atoms with Gasteiger partial charge >= 0.3 is 0 Å². The second kappa shape index (κ2) is 6.24. The van der Waals surface area contributed by atoms with Gasteiger partial charge in [0.2, 0.25) is 5.91 Å². The van der Waals surface area contributed by atoms with Gasteiger partial charge in [0, 0.05) is 13.6 Å². The number of rotatable bonds is 4. The number of likely N-dealkylation sites (N-methyl/N-ethyl adjacent to an activating group) is 1. The van der Waals surface area contributed by atoms with Crippen LogP contribution in [0.2, 0.25) is 0 Å². The first-order valence-electron chi connectivity index (χ1n) is 6.54. The molecule has 0 aromatic heterocycles. The van der Waals surface area contributed by atoms with Gasteiger partial charge in [-0.15, -0.1) is 0 Å². The molecule has 1 N–H and O–H groups in total. The largest absolute Gasteiger partial charge is 0.344 e. The van der Waals surface area contributed by atoms with E-state index in [2.05, 4.69) is 26.1 Å². The van der Waals surface area contributed by atoms with Crippen molar-refractivity contribution in [3.8, 4) is 0 Å². The summed E-state index contributed by atoms with van der Waals surface area (Å²) in [7, 11) is 1.93. The van der Waals surface area contributed by atoms with Crippen molar-refractivity contribution in [2.24, 2.45) is 11.8 Å². The number of piperidine rings is 1. The van der Waals surface area contributed by atoms with Crippen LogP contribution >= 0.6 is 0 Å². The minimum atomic E-state index is 0.0443. The number of carbonyl (C=O) groups is 1. The van der Waals surface area contributed by atoms with Gasteiger partial charge in [0.25, 0.3) is 0 Å². The molecule has 0 saturated carbocycles. The molecule has 3 nitrogen and oxygen atoms in total. The van der Waals surface area contributed by atoms with E-state index < -0.39 is 0 Å². The summed E-state index contributed by atoms with van der Waals surface area (Å²) in [4.78, 5) is 14.1. The highest BCUT2D eigenvalue weighted by molar-refractivity contribution is 5.82. The van der Waals surface area contributed by atoms with Gasteiger partial charge in [0.15, 0.2) is 0 Å². The number of carbonyl (C=O) groups excluding carboxylic acids is 1. The minimum absolute atomic E-state index is 0.0443. The first kappa shape index (κ1) is 13.5. The van der Waals surface area contributed by atoms with Gasteiger partial charge in [0.1, 0.15) is 0 Å². The number of hydrogen-bond donors (Lipinski definition) is 1. The molecule has 3 unspecified atom stereocenters. The molecule has 0 radical (unpaired) electrons. The quantitative estimate of drug-likeness (QED) is 0.794. The van der Waals surface area contributed by atoms with Crippen molar-refractivity contribution < 1.29 is 4.79 Å². The first-order valence-corrected chi connectivity index (χ1v) is 6.54. The van der Waals surface area contributed by atoms with Crippen LogP contribution in [0.4, 0.5) is 0 Å². The Labute approximate surface area is 99.6 Å². The lowest BCUT2D eigenvalue weighted by Gasteiger charge is -2.33. The van der Waals surface area contributed by atoms with Crippen molar-refractivity contribution >= 4 is 5.91 Å². The normalized spacial score (nSPS) is 27.5. The molecule has 3 atom stereocenters. The molecule has 1 aliphatic rings. The lowest BCUT2D eigenvalue weighted by Crippen LogP contribution is -2.51. The fourth-order valence-electron chi connectivity index (χ4n) is 2.30. The second-order valence-corrected chi connectivity index (χ2v) is 5.28. The molecule has 16 heavy (non-hydrogen) atoms. The Morgan fingerprint density at radius 3 is 2.81 bits per heavy atom. The highest BCUT2D eigenvalue weighted by atomic mass is 16.2. The molecular formula is C13H26N2O. The predicted molar refractivity (Wildman–Crippen MR) is 67.3 cm³/mol. The third-order valence-electron chi connectivity index (χ3n) is 3.69. The van der Waals surface area contributed by atoms with Gasteiger partial charge in [-0.25, -0.2) is 0 Å². The van der Waals surface area contributed by atoms with Crippen molar-refractivity contribution in [2.45, 2.75) is 46.1 Å². The first-order chi connectivity index (χ1) is 7.56. The zero-order chi connectivity index (χ0) is 12.1. The van der Waals surface area contributed by atoms with Crippen LogP contribution in [-0.4, -0.2) is 37.0 Å². The summed E-state index contributed by atoms with van der Waals surface area (Å²) < 4.78 is 0. The maximum Gasteiger partial charge on any atom is 0.239 e. The van der Waals surface area contributed by atoms with Crippen LogP contribution in [0.3, 0.4) is 0 Å². The molecule has 1 aliphatic heterocycles. The third kappa shape index (κ3) is 3.48. The topological polar surface area (TPSA) is 32.3 Å². The average Bonchev–Trinajstić information content (AvgIpc) is 2.28. The van der Waals surface area contributed by atoms with E-state index in [1.54, 1.807) is 0 Å². The predicted octanol–water partition coefficient (Wildman–Crippen LogP) is 1.88. The zero-order valence-electron chi connectivity index (χ0n) is 11.1. The van der Waals surface area contributed by atoms with E-state index in [1.807, 2.05) is 11.9 Å². The van der Waals surface area contributed by atoms with Crippen LogP contribution in [0.5, 0.6) is 0 Å². The molecule has 1 rings (SSSR count). The van der Waals surface area contributed by atoms with Crippen LogP contribution in [0, 0.1) is 11.8 Å². The molecule has 94 valence electrons. The highest BCUT2D eigenvalue weighted by Gasteiger charge is 2.29. The molecular weight excluding hydrogens is 200 g/mol. The Morgan fingerprint density at radius 2 is 2.25 bits per heavy atom. The van der Waals surface area contributed by atoms with Gasteiger partial charge < -0.3 is 10.2 Å². The fourth-order valence-corrected chi connectivity index (χ4v) is 2.30. The van der Waals surface area contributed by atoms with Crippen LogP contribution < -0.4 is 5.32 Å². The molecule has 0 aliphatic carbocycles. The van der Waals surface area contributed by atoms with E-state index in [0.717, 1.165) is 19.5 Å². The maximum atomic E-state index is 12.2. The van der Waals surface area contributed by atoms with Crippen LogP contribution in [0.1, 0.15) is 40.0 Å². The summed E-state index contributed by atoms with van der Waals surface area (Å²) >= 11 is 0. The van der Waals surface area contributed by atoms with E-state index in [9.17, 15) is 4.79 Å². The number of amides is 1. The molecule has 0 aromatic carbocycles. The molecule has 0 aromatic rings. The van der Waals surface area contributed by atoms with Gasteiger partial charge in [-0.3, -0.25) is 4.79 Å². The monoisotopic (exact) mass is 226 g/mol. The molecule has 1 amide bonds. The smallest absolute Gasteiger partial charge is 0.239 e. The number of hydrogen-bond acceptors (Lipinski definition) is 2. The zero-order valence-corrected chi connectivity index (χ0v) is 11.1. The van der Waals surface area contributed by atoms with Crippen LogP contribution in [0.25, 0.3) is 0 Å². The Bertz CT molecular complexity index is 230. The lowest BCUT2D eigenvalue weighted by atomic mass is 9.91. The Morgan fingerprint density at radius 1 is 1.56 bits per heavy atom. The minimum Gasteiger partial charge on any atom is -0.344 e. The lowest BCUT2D eigenvalue weighted by molar-refractivity contribution is -0.134. The summed E-state index contributed by atoms with van der Waals surface area (Å²) in [5.41, 5.74) is 0. The second-order valence-electron chi connectivity index (χ2n) is 5.28. The van der Waals surface area contributed by atoms with Crippen LogP contribution in [-0.2, 0) is 4.79 Å². The van der Waals surface area contributed by atoms with E-state index in [1.165, 1.54) is 12.8 Å². The molecule has 1 saturated heterocycles.